The average Bonchev–Trinajstić information content (AvgIpc) is 2.33. The molecule has 0 saturated heterocycles. The number of halogens is 2. The van der Waals surface area contributed by atoms with Crippen molar-refractivity contribution in [1.82, 2.24) is 0 Å². The van der Waals surface area contributed by atoms with E-state index in [1.165, 1.54) is 0 Å². The molecule has 0 aromatic heterocycles. The van der Waals surface area contributed by atoms with E-state index >= 15 is 0 Å². The lowest BCUT2D eigenvalue weighted by atomic mass is 9.88. The highest BCUT2D eigenvalue weighted by molar-refractivity contribution is 6.15. The third kappa shape index (κ3) is 1.92. The molecule has 1 aliphatic rings. The molecule has 1 aromatic carbocycles. The van der Waals surface area contributed by atoms with Crippen molar-refractivity contribution in [1.29, 1.82) is 0 Å². The molecule has 1 heterocycles. The van der Waals surface area contributed by atoms with Crippen molar-refractivity contribution >= 4 is 17.3 Å². The lowest BCUT2D eigenvalue weighted by Crippen LogP contribution is -2.42. The van der Waals surface area contributed by atoms with Crippen molar-refractivity contribution in [3.63, 3.8) is 0 Å². The van der Waals surface area contributed by atoms with Crippen LogP contribution in [0.15, 0.2) is 24.3 Å². The maximum Gasteiger partial charge on any atom is 0.296 e. The smallest absolute Gasteiger partial charge is 0.296 e. The fourth-order valence-corrected chi connectivity index (χ4v) is 2.03. The van der Waals surface area contributed by atoms with Crippen molar-refractivity contribution in [3.05, 3.63) is 29.8 Å². The fraction of sp³-hybridized carbons (Fsp3) is 0.333. The SMILES string of the molecule is CN1CC(C(=O)C(F)F)C(=O)c2ccccc21. The van der Waals surface area contributed by atoms with E-state index in [0.717, 1.165) is 0 Å². The van der Waals surface area contributed by atoms with Crippen LogP contribution >= 0.6 is 0 Å². The van der Waals surface area contributed by atoms with Gasteiger partial charge in [0.2, 0.25) is 5.78 Å². The third-order valence-electron chi connectivity index (χ3n) is 2.91. The van der Waals surface area contributed by atoms with Gasteiger partial charge >= 0.3 is 0 Å². The summed E-state index contributed by atoms with van der Waals surface area (Å²) in [6.07, 6.45) is -3.09. The second-order valence-electron chi connectivity index (χ2n) is 4.02. The first-order valence-electron chi connectivity index (χ1n) is 5.18. The molecule has 0 bridgehead atoms. The van der Waals surface area contributed by atoms with Gasteiger partial charge in [-0.25, -0.2) is 8.78 Å². The maximum atomic E-state index is 12.4. The Hall–Kier alpha value is -1.78. The van der Waals surface area contributed by atoms with Gasteiger partial charge in [-0.1, -0.05) is 12.1 Å². The summed E-state index contributed by atoms with van der Waals surface area (Å²) in [6, 6.07) is 6.70. The normalized spacial score (nSPS) is 19.4. The number of para-hydroxylation sites is 1. The average molecular weight is 239 g/mol. The minimum Gasteiger partial charge on any atom is -0.373 e. The van der Waals surface area contributed by atoms with Gasteiger partial charge in [0.25, 0.3) is 6.43 Å². The van der Waals surface area contributed by atoms with E-state index in [9.17, 15) is 18.4 Å². The second kappa shape index (κ2) is 4.24. The van der Waals surface area contributed by atoms with E-state index < -0.39 is 23.9 Å². The highest BCUT2D eigenvalue weighted by Crippen LogP contribution is 2.29. The molecule has 0 N–H and O–H groups in total. The van der Waals surface area contributed by atoms with Gasteiger partial charge < -0.3 is 4.90 Å². The summed E-state index contributed by atoms with van der Waals surface area (Å²) in [4.78, 5) is 24.8. The minimum atomic E-state index is -3.09. The molecule has 1 aromatic rings. The van der Waals surface area contributed by atoms with E-state index in [1.807, 2.05) is 0 Å². The quantitative estimate of drug-likeness (QED) is 0.738. The molecule has 17 heavy (non-hydrogen) atoms. The van der Waals surface area contributed by atoms with Crippen LogP contribution in [0.3, 0.4) is 0 Å². The van der Waals surface area contributed by atoms with E-state index in [1.54, 1.807) is 36.2 Å². The Morgan fingerprint density at radius 2 is 2.06 bits per heavy atom. The molecular weight excluding hydrogens is 228 g/mol. The van der Waals surface area contributed by atoms with E-state index in [-0.39, 0.29) is 6.54 Å². The predicted molar refractivity (Wildman–Crippen MR) is 58.5 cm³/mol. The number of hydrogen-bond acceptors (Lipinski definition) is 3. The number of hydrogen-bond donors (Lipinski definition) is 0. The number of rotatable bonds is 2. The highest BCUT2D eigenvalue weighted by Gasteiger charge is 2.38. The summed E-state index contributed by atoms with van der Waals surface area (Å²) < 4.78 is 24.7. The summed E-state index contributed by atoms with van der Waals surface area (Å²) in [5.74, 6) is -3.06. The highest BCUT2D eigenvalue weighted by atomic mass is 19.3. The predicted octanol–water partition coefficient (Wildman–Crippen LogP) is 1.77. The van der Waals surface area contributed by atoms with Crippen molar-refractivity contribution in [2.75, 3.05) is 18.5 Å². The van der Waals surface area contributed by atoms with Crippen molar-refractivity contribution in [3.8, 4) is 0 Å². The van der Waals surface area contributed by atoms with E-state index in [2.05, 4.69) is 0 Å². The molecule has 3 nitrogen and oxygen atoms in total. The summed E-state index contributed by atoms with van der Waals surface area (Å²) in [5.41, 5.74) is 1.01. The first kappa shape index (κ1) is 11.7. The van der Waals surface area contributed by atoms with Crippen LogP contribution in [-0.2, 0) is 4.79 Å². The Balaban J connectivity index is 2.40. The second-order valence-corrected chi connectivity index (χ2v) is 4.02. The van der Waals surface area contributed by atoms with Crippen molar-refractivity contribution < 1.29 is 18.4 Å². The number of fused-ring (bicyclic) bond motifs is 1. The van der Waals surface area contributed by atoms with Crippen LogP contribution in [0.25, 0.3) is 0 Å². The number of carbonyl (C=O) groups is 2. The molecule has 0 saturated carbocycles. The Labute approximate surface area is 97.0 Å². The van der Waals surface area contributed by atoms with Crippen LogP contribution < -0.4 is 4.90 Å². The van der Waals surface area contributed by atoms with Gasteiger partial charge in [-0.2, -0.15) is 0 Å². The zero-order valence-corrected chi connectivity index (χ0v) is 9.19. The zero-order chi connectivity index (χ0) is 12.6. The van der Waals surface area contributed by atoms with Crippen LogP contribution in [0.4, 0.5) is 14.5 Å². The molecule has 1 aliphatic heterocycles. The van der Waals surface area contributed by atoms with Gasteiger partial charge in [0.15, 0.2) is 5.78 Å². The lowest BCUT2D eigenvalue weighted by molar-refractivity contribution is -0.131. The molecule has 0 fully saturated rings. The molecule has 0 aliphatic carbocycles. The van der Waals surface area contributed by atoms with Crippen LogP contribution in [-0.4, -0.2) is 31.6 Å². The molecule has 5 heteroatoms. The van der Waals surface area contributed by atoms with Crippen molar-refractivity contribution in [2.24, 2.45) is 5.92 Å². The standard InChI is InChI=1S/C12H11F2NO2/c1-15-6-8(11(17)12(13)14)10(16)7-4-2-3-5-9(7)15/h2-5,8,12H,6H2,1H3. The van der Waals surface area contributed by atoms with Gasteiger partial charge in [-0.15, -0.1) is 0 Å². The fourth-order valence-electron chi connectivity index (χ4n) is 2.03. The number of anilines is 1. The molecule has 2 rings (SSSR count). The number of benzene rings is 1. The first-order valence-corrected chi connectivity index (χ1v) is 5.18. The topological polar surface area (TPSA) is 37.4 Å². The van der Waals surface area contributed by atoms with E-state index in [4.69, 9.17) is 0 Å². The summed E-state index contributed by atoms with van der Waals surface area (Å²) in [5, 5.41) is 0. The summed E-state index contributed by atoms with van der Waals surface area (Å²) >= 11 is 0. The maximum absolute atomic E-state index is 12.4. The van der Waals surface area contributed by atoms with Crippen molar-refractivity contribution in [2.45, 2.75) is 6.43 Å². The lowest BCUT2D eigenvalue weighted by Gasteiger charge is -2.31. The summed E-state index contributed by atoms with van der Waals surface area (Å²) in [6.45, 7) is 0.0129. The van der Waals surface area contributed by atoms with Gasteiger partial charge in [-0.3, -0.25) is 9.59 Å². The first-order chi connectivity index (χ1) is 8.02. The van der Waals surface area contributed by atoms with Gasteiger partial charge in [0.05, 0.1) is 0 Å². The largest absolute Gasteiger partial charge is 0.373 e. The number of Topliss-reactive ketones (excluding diaryl/α,β-unsaturated/α-hetero) is 2. The van der Waals surface area contributed by atoms with Crippen LogP contribution in [0.2, 0.25) is 0 Å². The van der Waals surface area contributed by atoms with Gasteiger partial charge in [-0.05, 0) is 12.1 Å². The van der Waals surface area contributed by atoms with Crippen LogP contribution in [0.5, 0.6) is 0 Å². The molecule has 1 unspecified atom stereocenters. The van der Waals surface area contributed by atoms with E-state index in [0.29, 0.717) is 11.3 Å². The molecule has 0 spiro atoms. The molecule has 0 amide bonds. The van der Waals surface area contributed by atoms with Gasteiger partial charge in [0, 0.05) is 24.8 Å². The molecular formula is C12H11F2NO2. The Morgan fingerprint density at radius 1 is 1.41 bits per heavy atom. The summed E-state index contributed by atoms with van der Waals surface area (Å²) in [7, 11) is 1.68. The van der Waals surface area contributed by atoms with Gasteiger partial charge in [0.1, 0.15) is 5.92 Å². The Kier molecular flexibility index (Phi) is 2.92. The number of ketones is 2. The number of carbonyl (C=O) groups excluding carboxylic acids is 2. The molecule has 0 radical (unpaired) electrons. The van der Waals surface area contributed by atoms with Crippen LogP contribution in [0, 0.1) is 5.92 Å². The zero-order valence-electron chi connectivity index (χ0n) is 9.19. The molecule has 90 valence electrons. The Morgan fingerprint density at radius 3 is 2.71 bits per heavy atom. The minimum absolute atomic E-state index is 0.0129. The third-order valence-corrected chi connectivity index (χ3v) is 2.91. The number of nitrogens with zero attached hydrogens (tertiary/aromatic N) is 1. The van der Waals surface area contributed by atoms with Crippen LogP contribution in [0.1, 0.15) is 10.4 Å². The molecule has 1 atom stereocenters. The Bertz CT molecular complexity index is 473. The number of alkyl halides is 2. The monoisotopic (exact) mass is 239 g/mol.